The maximum atomic E-state index is 12.9. The van der Waals surface area contributed by atoms with Crippen LogP contribution in [0.25, 0.3) is 11.0 Å². The van der Waals surface area contributed by atoms with Crippen molar-refractivity contribution in [3.8, 4) is 0 Å². The molecule has 0 spiro atoms. The van der Waals surface area contributed by atoms with Crippen LogP contribution >= 0.6 is 0 Å². The number of fused-ring (bicyclic) bond motifs is 1. The molecule has 23 heavy (non-hydrogen) atoms. The summed E-state index contributed by atoms with van der Waals surface area (Å²) in [4.78, 5) is 27.8. The Kier molecular flexibility index (Phi) is 3.91. The van der Waals surface area contributed by atoms with E-state index in [1.165, 1.54) is 25.4 Å². The zero-order valence-corrected chi connectivity index (χ0v) is 12.0. The molecule has 3 aromatic rings. The van der Waals surface area contributed by atoms with Gasteiger partial charge in [0.2, 0.25) is 11.9 Å². The van der Waals surface area contributed by atoms with E-state index in [4.69, 9.17) is 0 Å². The molecule has 2 amide bonds. The number of amides is 2. The lowest BCUT2D eigenvalue weighted by Crippen LogP contribution is -2.25. The Bertz CT molecular complexity index is 853. The Balaban J connectivity index is 1.87. The number of urea groups is 1. The number of hydrogen-bond donors (Lipinski definition) is 3. The van der Waals surface area contributed by atoms with Crippen LogP contribution in [0.3, 0.4) is 0 Å². The van der Waals surface area contributed by atoms with Gasteiger partial charge in [-0.2, -0.15) is 9.97 Å². The molecule has 0 radical (unpaired) electrons. The monoisotopic (exact) mass is 313 g/mol. The number of carbonyl (C=O) groups excluding carboxylic acids is 1. The van der Waals surface area contributed by atoms with Gasteiger partial charge in [-0.1, -0.05) is 0 Å². The van der Waals surface area contributed by atoms with Gasteiger partial charge in [0.1, 0.15) is 5.82 Å². The molecule has 0 atom stereocenters. The highest BCUT2D eigenvalue weighted by Gasteiger charge is 2.06. The van der Waals surface area contributed by atoms with Gasteiger partial charge < -0.3 is 10.6 Å². The van der Waals surface area contributed by atoms with Gasteiger partial charge in [0.15, 0.2) is 5.65 Å². The minimum Gasteiger partial charge on any atom is -0.341 e. The van der Waals surface area contributed by atoms with Crippen molar-refractivity contribution in [3.05, 3.63) is 42.5 Å². The lowest BCUT2D eigenvalue weighted by atomic mass is 10.3. The molecule has 0 saturated carbocycles. The smallest absolute Gasteiger partial charge is 0.321 e. The van der Waals surface area contributed by atoms with Crippen molar-refractivity contribution in [1.82, 2.24) is 25.3 Å². The summed E-state index contributed by atoms with van der Waals surface area (Å²) in [5, 5.41) is 8.44. The summed E-state index contributed by atoms with van der Waals surface area (Å²) in [6.07, 6.45) is 3.06. The second-order valence-electron chi connectivity index (χ2n) is 4.50. The molecular formula is C14H12FN7O. The van der Waals surface area contributed by atoms with E-state index in [-0.39, 0.29) is 11.8 Å². The molecule has 3 rings (SSSR count). The Morgan fingerprint density at radius 3 is 2.39 bits per heavy atom. The van der Waals surface area contributed by atoms with Crippen molar-refractivity contribution in [2.75, 3.05) is 17.7 Å². The number of aromatic nitrogens is 4. The maximum absolute atomic E-state index is 12.9. The molecule has 9 heteroatoms. The van der Waals surface area contributed by atoms with E-state index in [9.17, 15) is 9.18 Å². The Hall–Kier alpha value is -3.36. The minimum absolute atomic E-state index is 0.128. The number of benzene rings is 1. The number of rotatable bonds is 3. The van der Waals surface area contributed by atoms with Gasteiger partial charge in [0.05, 0.1) is 5.39 Å². The molecule has 0 aliphatic rings. The summed E-state index contributed by atoms with van der Waals surface area (Å²) < 4.78 is 12.9. The van der Waals surface area contributed by atoms with Crippen LogP contribution in [0.1, 0.15) is 0 Å². The number of nitrogens with one attached hydrogen (secondary N) is 3. The summed E-state index contributed by atoms with van der Waals surface area (Å²) in [5.74, 6) is 0.102. The first-order valence-corrected chi connectivity index (χ1v) is 6.65. The van der Waals surface area contributed by atoms with E-state index in [2.05, 4.69) is 35.9 Å². The van der Waals surface area contributed by atoms with Crippen molar-refractivity contribution in [2.24, 2.45) is 0 Å². The second-order valence-corrected chi connectivity index (χ2v) is 4.50. The van der Waals surface area contributed by atoms with Crippen LogP contribution in [-0.2, 0) is 0 Å². The van der Waals surface area contributed by atoms with Crippen LogP contribution < -0.4 is 16.0 Å². The number of nitrogens with zero attached hydrogens (tertiary/aromatic N) is 4. The zero-order chi connectivity index (χ0) is 16.2. The van der Waals surface area contributed by atoms with Crippen molar-refractivity contribution in [1.29, 1.82) is 0 Å². The van der Waals surface area contributed by atoms with E-state index in [1.54, 1.807) is 18.3 Å². The lowest BCUT2D eigenvalue weighted by Gasteiger charge is -2.06. The molecule has 0 saturated heterocycles. The van der Waals surface area contributed by atoms with Crippen molar-refractivity contribution in [2.45, 2.75) is 0 Å². The Morgan fingerprint density at radius 2 is 1.70 bits per heavy atom. The highest BCUT2D eigenvalue weighted by Crippen LogP contribution is 2.16. The first-order chi connectivity index (χ1) is 11.1. The van der Waals surface area contributed by atoms with Crippen molar-refractivity contribution in [3.63, 3.8) is 0 Å². The molecule has 0 bridgehead atoms. The molecule has 0 fully saturated rings. The molecule has 0 aliphatic heterocycles. The van der Waals surface area contributed by atoms with Crippen LogP contribution in [0.5, 0.6) is 0 Å². The van der Waals surface area contributed by atoms with Gasteiger partial charge in [0.25, 0.3) is 0 Å². The van der Waals surface area contributed by atoms with E-state index < -0.39 is 6.03 Å². The highest BCUT2D eigenvalue weighted by molar-refractivity contribution is 5.88. The van der Waals surface area contributed by atoms with Gasteiger partial charge in [-0.05, 0) is 24.3 Å². The third-order valence-corrected chi connectivity index (χ3v) is 2.89. The highest BCUT2D eigenvalue weighted by atomic mass is 19.1. The summed E-state index contributed by atoms with van der Waals surface area (Å²) in [6, 6.07) is 5.37. The minimum atomic E-state index is -0.428. The molecule has 3 N–H and O–H groups in total. The van der Waals surface area contributed by atoms with E-state index in [0.29, 0.717) is 22.7 Å². The van der Waals surface area contributed by atoms with E-state index in [1.807, 2.05) is 0 Å². The SMILES string of the molecule is CNC(=O)Nc1ncc2cnc(Nc3ccc(F)cc3)nc2n1. The topological polar surface area (TPSA) is 105 Å². The lowest BCUT2D eigenvalue weighted by molar-refractivity contribution is 0.254. The van der Waals surface area contributed by atoms with Crippen LogP contribution in [0.15, 0.2) is 36.7 Å². The Labute approximate surface area is 130 Å². The molecular weight excluding hydrogens is 301 g/mol. The molecule has 0 unspecified atom stereocenters. The number of carbonyl (C=O) groups is 1. The largest absolute Gasteiger partial charge is 0.341 e. The molecule has 0 aliphatic carbocycles. The standard InChI is InChI=1S/C14H12FN7O/c1-16-14(23)22-13-18-7-8-6-17-12(20-11(8)21-13)19-10-4-2-9(15)3-5-10/h2-7H,1H3,(H3,16,17,18,19,20,21,22,23). The molecule has 8 nitrogen and oxygen atoms in total. The molecule has 116 valence electrons. The summed E-state index contributed by atoms with van der Waals surface area (Å²) in [6.45, 7) is 0. The van der Waals surface area contributed by atoms with Gasteiger partial charge in [-0.3, -0.25) is 5.32 Å². The number of halogens is 1. The number of hydrogen-bond acceptors (Lipinski definition) is 6. The zero-order valence-electron chi connectivity index (χ0n) is 12.0. The van der Waals surface area contributed by atoms with Crippen LogP contribution in [0.2, 0.25) is 0 Å². The maximum Gasteiger partial charge on any atom is 0.321 e. The van der Waals surface area contributed by atoms with E-state index in [0.717, 1.165) is 0 Å². The van der Waals surface area contributed by atoms with Gasteiger partial charge >= 0.3 is 6.03 Å². The van der Waals surface area contributed by atoms with Gasteiger partial charge in [-0.25, -0.2) is 19.2 Å². The second kappa shape index (κ2) is 6.18. The predicted octanol–water partition coefficient (Wildman–Crippen LogP) is 2.05. The van der Waals surface area contributed by atoms with Gasteiger partial charge in [-0.15, -0.1) is 0 Å². The molecule has 1 aromatic carbocycles. The third kappa shape index (κ3) is 3.46. The van der Waals surface area contributed by atoms with Crippen LogP contribution in [0.4, 0.5) is 26.8 Å². The average Bonchev–Trinajstić information content (AvgIpc) is 2.56. The quantitative estimate of drug-likeness (QED) is 0.683. The predicted molar refractivity (Wildman–Crippen MR) is 82.9 cm³/mol. The van der Waals surface area contributed by atoms with Crippen molar-refractivity contribution < 1.29 is 9.18 Å². The summed E-state index contributed by atoms with van der Waals surface area (Å²) >= 11 is 0. The Morgan fingerprint density at radius 1 is 1.04 bits per heavy atom. The fourth-order valence-electron chi connectivity index (χ4n) is 1.77. The molecule has 2 aromatic heterocycles. The number of anilines is 3. The average molecular weight is 313 g/mol. The van der Waals surface area contributed by atoms with E-state index >= 15 is 0 Å². The fourth-order valence-corrected chi connectivity index (χ4v) is 1.77. The van der Waals surface area contributed by atoms with Crippen LogP contribution in [0, 0.1) is 5.82 Å². The fraction of sp³-hybridized carbons (Fsp3) is 0.0714. The first kappa shape index (κ1) is 14.6. The normalized spacial score (nSPS) is 10.3. The molecule has 2 heterocycles. The van der Waals surface area contributed by atoms with Crippen molar-refractivity contribution >= 4 is 34.6 Å². The third-order valence-electron chi connectivity index (χ3n) is 2.89. The van der Waals surface area contributed by atoms with Gasteiger partial charge in [0, 0.05) is 25.1 Å². The summed E-state index contributed by atoms with van der Waals surface area (Å²) in [7, 11) is 1.49. The first-order valence-electron chi connectivity index (χ1n) is 6.65. The van der Waals surface area contributed by atoms with Crippen LogP contribution in [-0.4, -0.2) is 33.0 Å². The summed E-state index contributed by atoms with van der Waals surface area (Å²) in [5.41, 5.74) is 1.01.